The summed E-state index contributed by atoms with van der Waals surface area (Å²) in [4.78, 5) is 14.8. The molecule has 1 aliphatic rings. The van der Waals surface area contributed by atoms with E-state index in [0.29, 0.717) is 4.83 Å². The number of nitrogens with one attached hydrogen (secondary N) is 1. The van der Waals surface area contributed by atoms with E-state index >= 15 is 0 Å². The molecule has 4 heteroatoms. The summed E-state index contributed by atoms with van der Waals surface area (Å²) in [6.07, 6.45) is 6.95. The molecule has 1 aromatic rings. The molecule has 2 rings (SSSR count). The Morgan fingerprint density at radius 1 is 1.50 bits per heavy atom. The molecule has 0 saturated carbocycles. The van der Waals surface area contributed by atoms with Gasteiger partial charge in [-0.2, -0.15) is 0 Å². The van der Waals surface area contributed by atoms with Crippen LogP contribution < -0.4 is 5.32 Å². The largest absolute Gasteiger partial charge is 0.351 e. The van der Waals surface area contributed by atoms with Crippen LogP contribution in [0.4, 0.5) is 0 Å². The lowest BCUT2D eigenvalue weighted by atomic mass is 9.99. The summed E-state index contributed by atoms with van der Waals surface area (Å²) in [5.74, 6) is 0.102. The Bertz CT molecular complexity index is 392. The third-order valence-electron chi connectivity index (χ3n) is 3.41. The summed E-state index contributed by atoms with van der Waals surface area (Å²) in [6, 6.07) is 2.10. The quantitative estimate of drug-likeness (QED) is 0.815. The minimum atomic E-state index is 0.102. The van der Waals surface area contributed by atoms with Crippen LogP contribution >= 0.6 is 27.3 Å². The molecule has 2 nitrogen and oxygen atoms in total. The maximum atomic E-state index is 12.0. The van der Waals surface area contributed by atoms with Crippen LogP contribution in [0.5, 0.6) is 0 Å². The highest BCUT2D eigenvalue weighted by molar-refractivity contribution is 9.09. The molecule has 0 aliphatic heterocycles. The van der Waals surface area contributed by atoms with Gasteiger partial charge in [0.15, 0.2) is 0 Å². The van der Waals surface area contributed by atoms with E-state index in [9.17, 15) is 4.79 Å². The fraction of sp³-hybridized carbons (Fsp3) is 0.643. The maximum Gasteiger partial charge on any atom is 0.261 e. The Hall–Kier alpha value is -0.350. The van der Waals surface area contributed by atoms with Crippen LogP contribution in [-0.2, 0) is 12.8 Å². The second-order valence-electron chi connectivity index (χ2n) is 4.82. The topological polar surface area (TPSA) is 29.1 Å². The van der Waals surface area contributed by atoms with Gasteiger partial charge in [0.05, 0.1) is 4.88 Å². The van der Waals surface area contributed by atoms with Gasteiger partial charge in [-0.25, -0.2) is 0 Å². The van der Waals surface area contributed by atoms with Gasteiger partial charge >= 0.3 is 0 Å². The molecule has 1 heterocycles. The van der Waals surface area contributed by atoms with Crippen LogP contribution in [0.15, 0.2) is 6.07 Å². The first-order valence-electron chi connectivity index (χ1n) is 6.74. The summed E-state index contributed by atoms with van der Waals surface area (Å²) >= 11 is 5.27. The van der Waals surface area contributed by atoms with Crippen LogP contribution in [0.2, 0.25) is 0 Å². The molecule has 1 N–H and O–H groups in total. The summed E-state index contributed by atoms with van der Waals surface area (Å²) in [7, 11) is 0. The Labute approximate surface area is 121 Å². The number of hydrogen-bond donors (Lipinski definition) is 1. The summed E-state index contributed by atoms with van der Waals surface area (Å²) in [5, 5.41) is 3.01. The van der Waals surface area contributed by atoms with Gasteiger partial charge in [-0.3, -0.25) is 4.79 Å². The minimum absolute atomic E-state index is 0.102. The van der Waals surface area contributed by atoms with Crippen molar-refractivity contribution in [2.75, 3.05) is 6.54 Å². The summed E-state index contributed by atoms with van der Waals surface area (Å²) < 4.78 is 0. The van der Waals surface area contributed by atoms with E-state index < -0.39 is 0 Å². The van der Waals surface area contributed by atoms with Crippen LogP contribution in [-0.4, -0.2) is 17.3 Å². The molecule has 0 fully saturated rings. The number of rotatable bonds is 5. The van der Waals surface area contributed by atoms with Gasteiger partial charge in [-0.15, -0.1) is 11.3 Å². The van der Waals surface area contributed by atoms with E-state index in [4.69, 9.17) is 0 Å². The zero-order valence-corrected chi connectivity index (χ0v) is 13.2. The van der Waals surface area contributed by atoms with Gasteiger partial charge in [0.2, 0.25) is 0 Å². The number of fused-ring (bicyclic) bond motifs is 1. The highest BCUT2D eigenvalue weighted by Gasteiger charge is 2.16. The molecular formula is C14H20BrNOS. The standard InChI is InChI=1S/C14H20BrNOS/c1-2-11(15)7-8-16-14(17)13-9-10-5-3-4-6-12(10)18-13/h9,11H,2-8H2,1H3,(H,16,17). The highest BCUT2D eigenvalue weighted by Crippen LogP contribution is 2.29. The minimum Gasteiger partial charge on any atom is -0.351 e. The normalized spacial score (nSPS) is 16.1. The fourth-order valence-corrected chi connectivity index (χ4v) is 3.64. The first-order valence-corrected chi connectivity index (χ1v) is 8.47. The molecule has 1 aliphatic carbocycles. The average Bonchev–Trinajstić information content (AvgIpc) is 2.82. The molecular weight excluding hydrogens is 310 g/mol. The van der Waals surface area contributed by atoms with Gasteiger partial charge in [-0.1, -0.05) is 22.9 Å². The zero-order chi connectivity index (χ0) is 13.0. The lowest BCUT2D eigenvalue weighted by molar-refractivity contribution is 0.0957. The SMILES string of the molecule is CCC(Br)CCNC(=O)c1cc2c(s1)CCCC2. The molecule has 0 aromatic carbocycles. The second kappa shape index (κ2) is 6.71. The molecule has 100 valence electrons. The van der Waals surface area contributed by atoms with E-state index in [1.165, 1.54) is 23.3 Å². The van der Waals surface area contributed by atoms with Crippen LogP contribution in [0.25, 0.3) is 0 Å². The molecule has 1 atom stereocenters. The van der Waals surface area contributed by atoms with Crippen molar-refractivity contribution in [1.82, 2.24) is 5.32 Å². The first kappa shape index (κ1) is 14.1. The van der Waals surface area contributed by atoms with Crippen molar-refractivity contribution >= 4 is 33.2 Å². The zero-order valence-electron chi connectivity index (χ0n) is 10.8. The third kappa shape index (κ3) is 3.58. The van der Waals surface area contributed by atoms with Crippen molar-refractivity contribution in [2.45, 2.75) is 50.3 Å². The number of amides is 1. The predicted molar refractivity (Wildman–Crippen MR) is 80.9 cm³/mol. The molecule has 0 bridgehead atoms. The predicted octanol–water partition coefficient (Wildman–Crippen LogP) is 3.92. The van der Waals surface area contributed by atoms with Crippen molar-refractivity contribution in [3.8, 4) is 0 Å². The van der Waals surface area contributed by atoms with E-state index in [0.717, 1.165) is 37.1 Å². The van der Waals surface area contributed by atoms with Crippen LogP contribution in [0.1, 0.15) is 52.7 Å². The van der Waals surface area contributed by atoms with Crippen molar-refractivity contribution < 1.29 is 4.79 Å². The molecule has 1 aromatic heterocycles. The summed E-state index contributed by atoms with van der Waals surface area (Å²) in [5.41, 5.74) is 1.41. The Morgan fingerprint density at radius 3 is 3.00 bits per heavy atom. The smallest absolute Gasteiger partial charge is 0.261 e. The second-order valence-corrected chi connectivity index (χ2v) is 7.25. The van der Waals surface area contributed by atoms with Gasteiger partial charge < -0.3 is 5.32 Å². The molecule has 1 amide bonds. The third-order valence-corrected chi connectivity index (χ3v) is 5.75. The molecule has 18 heavy (non-hydrogen) atoms. The molecule has 0 saturated heterocycles. The van der Waals surface area contributed by atoms with E-state index in [-0.39, 0.29) is 5.91 Å². The summed E-state index contributed by atoms with van der Waals surface area (Å²) in [6.45, 7) is 2.90. The Balaban J connectivity index is 1.87. The Morgan fingerprint density at radius 2 is 2.28 bits per heavy atom. The number of thiophene rings is 1. The number of aryl methyl sites for hydroxylation is 2. The van der Waals surface area contributed by atoms with Gasteiger partial charge in [0, 0.05) is 16.2 Å². The number of alkyl halides is 1. The van der Waals surface area contributed by atoms with E-state index in [2.05, 4.69) is 34.2 Å². The van der Waals surface area contributed by atoms with Gasteiger partial charge in [0.1, 0.15) is 0 Å². The number of carbonyl (C=O) groups excluding carboxylic acids is 1. The Kier molecular flexibility index (Phi) is 5.25. The van der Waals surface area contributed by atoms with Crippen molar-refractivity contribution in [3.63, 3.8) is 0 Å². The average molecular weight is 330 g/mol. The van der Waals surface area contributed by atoms with Crippen molar-refractivity contribution in [2.24, 2.45) is 0 Å². The van der Waals surface area contributed by atoms with E-state index in [1.807, 2.05) is 0 Å². The van der Waals surface area contributed by atoms with Crippen molar-refractivity contribution in [1.29, 1.82) is 0 Å². The van der Waals surface area contributed by atoms with Crippen LogP contribution in [0.3, 0.4) is 0 Å². The van der Waals surface area contributed by atoms with Gasteiger partial charge in [-0.05, 0) is 50.2 Å². The lowest BCUT2D eigenvalue weighted by Gasteiger charge is -2.08. The highest BCUT2D eigenvalue weighted by atomic mass is 79.9. The number of hydrogen-bond acceptors (Lipinski definition) is 2. The van der Waals surface area contributed by atoms with Gasteiger partial charge in [0.25, 0.3) is 5.91 Å². The number of halogens is 1. The number of carbonyl (C=O) groups is 1. The van der Waals surface area contributed by atoms with Crippen LogP contribution in [0, 0.1) is 0 Å². The first-order chi connectivity index (χ1) is 8.70. The monoisotopic (exact) mass is 329 g/mol. The van der Waals surface area contributed by atoms with E-state index in [1.54, 1.807) is 11.3 Å². The molecule has 0 radical (unpaired) electrons. The maximum absolute atomic E-state index is 12.0. The fourth-order valence-electron chi connectivity index (χ4n) is 2.24. The molecule has 1 unspecified atom stereocenters. The molecule has 0 spiro atoms. The van der Waals surface area contributed by atoms with Crippen molar-refractivity contribution in [3.05, 3.63) is 21.4 Å². The lowest BCUT2D eigenvalue weighted by Crippen LogP contribution is -2.25.